The van der Waals surface area contributed by atoms with E-state index in [9.17, 15) is 9.18 Å². The molecule has 0 unspecified atom stereocenters. The molecule has 1 aromatic heterocycles. The van der Waals surface area contributed by atoms with E-state index in [1.165, 1.54) is 12.1 Å². The lowest BCUT2D eigenvalue weighted by molar-refractivity contribution is 0.0559. The maximum atomic E-state index is 13.0. The summed E-state index contributed by atoms with van der Waals surface area (Å²) in [6, 6.07) is 9.55. The molecular weight excluding hydrogens is 309 g/mol. The van der Waals surface area contributed by atoms with Gasteiger partial charge in [-0.2, -0.15) is 0 Å². The van der Waals surface area contributed by atoms with Gasteiger partial charge in [-0.05, 0) is 49.2 Å². The molecule has 0 aliphatic carbocycles. The summed E-state index contributed by atoms with van der Waals surface area (Å²) in [6.45, 7) is 5.13. The van der Waals surface area contributed by atoms with E-state index in [1.807, 2.05) is 0 Å². The highest BCUT2D eigenvalue weighted by molar-refractivity contribution is 5.92. The molecule has 5 heteroatoms. The molecule has 1 aromatic carbocycles. The van der Waals surface area contributed by atoms with Crippen molar-refractivity contribution in [2.45, 2.75) is 32.7 Å². The van der Waals surface area contributed by atoms with Crippen molar-refractivity contribution < 1.29 is 18.3 Å². The van der Waals surface area contributed by atoms with Gasteiger partial charge in [0.1, 0.15) is 11.6 Å². The van der Waals surface area contributed by atoms with E-state index >= 15 is 0 Å². The number of nitrogens with zero attached hydrogens (tertiary/aromatic N) is 1. The van der Waals surface area contributed by atoms with Crippen LogP contribution < -0.4 is 0 Å². The molecule has 0 fully saturated rings. The smallest absolute Gasteiger partial charge is 0.289 e. The normalized spacial score (nSPS) is 11.0. The van der Waals surface area contributed by atoms with Gasteiger partial charge >= 0.3 is 0 Å². The van der Waals surface area contributed by atoms with Crippen LogP contribution in [0.15, 0.2) is 40.8 Å². The first kappa shape index (κ1) is 18.2. The summed E-state index contributed by atoms with van der Waals surface area (Å²) in [6.07, 6.45) is 1.75. The lowest BCUT2D eigenvalue weighted by Crippen LogP contribution is -2.41. The summed E-state index contributed by atoms with van der Waals surface area (Å²) in [4.78, 5) is 14.6. The van der Waals surface area contributed by atoms with Crippen LogP contribution in [0.3, 0.4) is 0 Å². The zero-order valence-corrected chi connectivity index (χ0v) is 14.4. The minimum atomic E-state index is -0.305. The molecule has 0 spiro atoms. The van der Waals surface area contributed by atoms with Gasteiger partial charge in [-0.1, -0.05) is 13.8 Å². The Morgan fingerprint density at radius 2 is 1.83 bits per heavy atom. The van der Waals surface area contributed by atoms with Crippen molar-refractivity contribution in [1.29, 1.82) is 0 Å². The van der Waals surface area contributed by atoms with Crippen LogP contribution in [0.2, 0.25) is 0 Å². The Hall–Kier alpha value is -2.14. The number of methoxy groups -OCH3 is 1. The quantitative estimate of drug-likeness (QED) is 0.721. The lowest BCUT2D eigenvalue weighted by Gasteiger charge is -2.29. The Morgan fingerprint density at radius 3 is 2.42 bits per heavy atom. The first-order valence-electron chi connectivity index (χ1n) is 8.26. The van der Waals surface area contributed by atoms with E-state index in [0.717, 1.165) is 18.4 Å². The molecule has 1 amide bonds. The van der Waals surface area contributed by atoms with Crippen molar-refractivity contribution in [3.8, 4) is 11.3 Å². The van der Waals surface area contributed by atoms with E-state index in [-0.39, 0.29) is 23.5 Å². The predicted octanol–water partition coefficient (Wildman–Crippen LogP) is 4.36. The molecule has 24 heavy (non-hydrogen) atoms. The van der Waals surface area contributed by atoms with Crippen LogP contribution in [0.25, 0.3) is 11.3 Å². The topological polar surface area (TPSA) is 42.7 Å². The molecular formula is C19H24FNO3. The number of furan rings is 1. The highest BCUT2D eigenvalue weighted by Crippen LogP contribution is 2.24. The second-order valence-corrected chi connectivity index (χ2v) is 5.63. The van der Waals surface area contributed by atoms with Crippen LogP contribution in [0.4, 0.5) is 4.39 Å². The van der Waals surface area contributed by atoms with Crippen molar-refractivity contribution in [3.05, 3.63) is 48.0 Å². The number of amides is 1. The Labute approximate surface area is 142 Å². The van der Waals surface area contributed by atoms with Gasteiger partial charge < -0.3 is 14.1 Å². The Balaban J connectivity index is 2.21. The fourth-order valence-corrected chi connectivity index (χ4v) is 2.73. The number of ether oxygens (including phenoxy) is 1. The average molecular weight is 333 g/mol. The van der Waals surface area contributed by atoms with Crippen LogP contribution in [0.5, 0.6) is 0 Å². The number of carbonyl (C=O) groups is 1. The fourth-order valence-electron chi connectivity index (χ4n) is 2.73. The molecule has 1 heterocycles. The molecule has 0 atom stereocenters. The van der Waals surface area contributed by atoms with Gasteiger partial charge in [0.05, 0.1) is 6.61 Å². The third-order valence-corrected chi connectivity index (χ3v) is 4.13. The van der Waals surface area contributed by atoms with Crippen LogP contribution in [0.1, 0.15) is 37.2 Å². The Kier molecular flexibility index (Phi) is 6.55. The third kappa shape index (κ3) is 4.23. The van der Waals surface area contributed by atoms with Gasteiger partial charge in [-0.25, -0.2) is 4.39 Å². The zero-order chi connectivity index (χ0) is 17.5. The van der Waals surface area contributed by atoms with Crippen LogP contribution >= 0.6 is 0 Å². The van der Waals surface area contributed by atoms with Crippen molar-refractivity contribution in [2.24, 2.45) is 0 Å². The summed E-state index contributed by atoms with van der Waals surface area (Å²) in [5.41, 5.74) is 0.737. The maximum absolute atomic E-state index is 13.0. The number of carbonyl (C=O) groups excluding carboxylic acids is 1. The molecule has 0 aliphatic rings. The predicted molar refractivity (Wildman–Crippen MR) is 91.4 cm³/mol. The molecule has 4 nitrogen and oxygen atoms in total. The molecule has 0 saturated carbocycles. The standard InChI is InChI=1S/C19H24FNO3/c1-4-16(5-2)21(12-13-23-3)19(22)18-11-10-17(24-18)14-6-8-15(20)9-7-14/h6-11,16H,4-5,12-13H2,1-3H3. The Bertz CT molecular complexity index is 647. The van der Waals surface area contributed by atoms with Gasteiger partial charge in [-0.3, -0.25) is 4.79 Å². The molecule has 0 N–H and O–H groups in total. The number of benzene rings is 1. The second-order valence-electron chi connectivity index (χ2n) is 5.63. The van der Waals surface area contributed by atoms with Crippen LogP contribution in [0, 0.1) is 5.82 Å². The molecule has 0 radical (unpaired) electrons. The average Bonchev–Trinajstić information content (AvgIpc) is 3.09. The Morgan fingerprint density at radius 1 is 1.17 bits per heavy atom. The minimum Gasteiger partial charge on any atom is -0.451 e. The number of hydrogen-bond donors (Lipinski definition) is 0. The lowest BCUT2D eigenvalue weighted by atomic mass is 10.1. The van der Waals surface area contributed by atoms with E-state index in [4.69, 9.17) is 9.15 Å². The van der Waals surface area contributed by atoms with Gasteiger partial charge in [0.2, 0.25) is 0 Å². The van der Waals surface area contributed by atoms with E-state index in [1.54, 1.807) is 36.3 Å². The number of hydrogen-bond acceptors (Lipinski definition) is 3. The highest BCUT2D eigenvalue weighted by atomic mass is 19.1. The SMILES string of the molecule is CCC(CC)N(CCOC)C(=O)c1ccc(-c2ccc(F)cc2)o1. The second kappa shape index (κ2) is 8.64. The van der Waals surface area contributed by atoms with E-state index < -0.39 is 0 Å². The summed E-state index contributed by atoms with van der Waals surface area (Å²) in [5.74, 6) is 0.391. The number of rotatable bonds is 8. The molecule has 2 rings (SSSR count). The molecule has 0 bridgehead atoms. The van der Waals surface area contributed by atoms with Crippen molar-refractivity contribution in [1.82, 2.24) is 4.90 Å². The molecule has 2 aromatic rings. The van der Waals surface area contributed by atoms with Crippen molar-refractivity contribution in [2.75, 3.05) is 20.3 Å². The van der Waals surface area contributed by atoms with E-state index in [2.05, 4.69) is 13.8 Å². The first-order valence-corrected chi connectivity index (χ1v) is 8.26. The van der Waals surface area contributed by atoms with Gasteiger partial charge in [0.15, 0.2) is 5.76 Å². The highest BCUT2D eigenvalue weighted by Gasteiger charge is 2.24. The summed E-state index contributed by atoms with van der Waals surface area (Å²) in [5, 5.41) is 0. The van der Waals surface area contributed by atoms with E-state index in [0.29, 0.717) is 18.9 Å². The molecule has 0 aliphatic heterocycles. The van der Waals surface area contributed by atoms with Crippen LogP contribution in [-0.2, 0) is 4.74 Å². The van der Waals surface area contributed by atoms with Gasteiger partial charge in [0, 0.05) is 25.3 Å². The molecule has 0 saturated heterocycles. The summed E-state index contributed by atoms with van der Waals surface area (Å²) in [7, 11) is 1.62. The molecule has 130 valence electrons. The summed E-state index contributed by atoms with van der Waals surface area (Å²) < 4.78 is 23.9. The zero-order valence-electron chi connectivity index (χ0n) is 14.4. The van der Waals surface area contributed by atoms with Crippen LogP contribution in [-0.4, -0.2) is 37.1 Å². The number of halogens is 1. The first-order chi connectivity index (χ1) is 11.6. The summed E-state index contributed by atoms with van der Waals surface area (Å²) >= 11 is 0. The minimum absolute atomic E-state index is 0.144. The maximum Gasteiger partial charge on any atom is 0.289 e. The van der Waals surface area contributed by atoms with Gasteiger partial charge in [-0.15, -0.1) is 0 Å². The van der Waals surface area contributed by atoms with Crippen molar-refractivity contribution >= 4 is 5.91 Å². The monoisotopic (exact) mass is 333 g/mol. The van der Waals surface area contributed by atoms with Crippen molar-refractivity contribution in [3.63, 3.8) is 0 Å². The fraction of sp³-hybridized carbons (Fsp3) is 0.421. The third-order valence-electron chi connectivity index (χ3n) is 4.13. The van der Waals surface area contributed by atoms with Gasteiger partial charge in [0.25, 0.3) is 5.91 Å². The largest absolute Gasteiger partial charge is 0.451 e.